The molecule has 26 heavy (non-hydrogen) atoms. The Morgan fingerprint density at radius 2 is 2.27 bits per heavy atom. The molecule has 1 amide bonds. The first-order valence-electron chi connectivity index (χ1n) is 7.91. The van der Waals surface area contributed by atoms with Gasteiger partial charge < -0.3 is 10.3 Å². The van der Waals surface area contributed by atoms with Gasteiger partial charge in [-0.15, -0.1) is 0 Å². The Bertz CT molecular complexity index is 1170. The first kappa shape index (κ1) is 16.1. The van der Waals surface area contributed by atoms with E-state index in [1.54, 1.807) is 36.9 Å². The van der Waals surface area contributed by atoms with E-state index in [4.69, 9.17) is 11.6 Å². The van der Waals surface area contributed by atoms with Crippen LogP contribution in [0, 0.1) is 11.8 Å². The average Bonchev–Trinajstić information content (AvgIpc) is 3.27. The summed E-state index contributed by atoms with van der Waals surface area (Å²) in [5.74, 6) is 6.01. The summed E-state index contributed by atoms with van der Waals surface area (Å²) in [4.78, 5) is 27.6. The highest BCUT2D eigenvalue weighted by atomic mass is 35.5. The van der Waals surface area contributed by atoms with E-state index in [-0.39, 0.29) is 11.7 Å². The molecule has 0 aliphatic rings. The number of hydrogen-bond acceptors (Lipinski definition) is 4. The van der Waals surface area contributed by atoms with Gasteiger partial charge in [-0.1, -0.05) is 23.6 Å². The number of fused-ring (bicyclic) bond motifs is 2. The summed E-state index contributed by atoms with van der Waals surface area (Å²) in [6.45, 7) is 0.412. The molecule has 0 radical (unpaired) electrons. The smallest absolute Gasteiger partial charge is 0.287 e. The second-order valence-electron chi connectivity index (χ2n) is 5.48. The van der Waals surface area contributed by atoms with Crippen molar-refractivity contribution in [1.29, 1.82) is 0 Å². The molecular weight excluding hydrogens is 352 g/mol. The van der Waals surface area contributed by atoms with E-state index in [1.807, 2.05) is 10.5 Å². The van der Waals surface area contributed by atoms with Crippen molar-refractivity contribution in [2.24, 2.45) is 0 Å². The van der Waals surface area contributed by atoms with Crippen molar-refractivity contribution < 1.29 is 4.79 Å². The van der Waals surface area contributed by atoms with Crippen LogP contribution < -0.4 is 5.32 Å². The zero-order valence-corrected chi connectivity index (χ0v) is 14.3. The van der Waals surface area contributed by atoms with Gasteiger partial charge in [-0.25, -0.2) is 9.97 Å². The van der Waals surface area contributed by atoms with E-state index in [0.29, 0.717) is 23.5 Å². The number of aromatic amines is 1. The molecule has 128 valence electrons. The zero-order chi connectivity index (χ0) is 17.9. The number of halogens is 1. The van der Waals surface area contributed by atoms with Crippen molar-refractivity contribution >= 4 is 34.2 Å². The standard InChI is InChI=1S/C18H13ClN6O/c19-13-5-3-6-14-16(13)24-17(23-14)18(26)21-7-2-1-4-12-10-22-15-11-20-8-9-25(12)15/h3,5-6,8-11H,2,7H2,(H,21,26)(H,23,24). The third-order valence-corrected chi connectivity index (χ3v) is 4.05. The number of nitrogens with zero attached hydrogens (tertiary/aromatic N) is 4. The Balaban J connectivity index is 1.37. The topological polar surface area (TPSA) is 88.0 Å². The van der Waals surface area contributed by atoms with Crippen LogP contribution in [-0.2, 0) is 0 Å². The van der Waals surface area contributed by atoms with E-state index in [0.717, 1.165) is 16.9 Å². The first-order valence-corrected chi connectivity index (χ1v) is 8.28. The molecule has 1 aromatic carbocycles. The van der Waals surface area contributed by atoms with Gasteiger partial charge in [-0.3, -0.25) is 14.2 Å². The summed E-state index contributed by atoms with van der Waals surface area (Å²) in [5, 5.41) is 3.29. The van der Waals surface area contributed by atoms with Crippen molar-refractivity contribution in [1.82, 2.24) is 29.7 Å². The van der Waals surface area contributed by atoms with Crippen molar-refractivity contribution in [2.45, 2.75) is 6.42 Å². The summed E-state index contributed by atoms with van der Waals surface area (Å²) in [5.41, 5.74) is 2.83. The lowest BCUT2D eigenvalue weighted by Gasteiger charge is -1.98. The van der Waals surface area contributed by atoms with E-state index in [9.17, 15) is 4.79 Å². The maximum atomic E-state index is 12.2. The second kappa shape index (κ2) is 6.86. The molecule has 3 aromatic heterocycles. The number of benzene rings is 1. The lowest BCUT2D eigenvalue weighted by atomic mass is 10.3. The maximum absolute atomic E-state index is 12.2. The normalized spacial score (nSPS) is 10.7. The number of carbonyl (C=O) groups excluding carboxylic acids is 1. The van der Waals surface area contributed by atoms with Gasteiger partial charge in [-0.2, -0.15) is 0 Å². The van der Waals surface area contributed by atoms with E-state index < -0.39 is 0 Å². The van der Waals surface area contributed by atoms with Crippen LogP contribution in [0.15, 0.2) is 43.0 Å². The fourth-order valence-electron chi connectivity index (χ4n) is 2.51. The number of nitrogens with one attached hydrogen (secondary N) is 2. The van der Waals surface area contributed by atoms with Gasteiger partial charge in [0.2, 0.25) is 0 Å². The van der Waals surface area contributed by atoms with Crippen molar-refractivity contribution in [3.63, 3.8) is 0 Å². The molecular formula is C18H13ClN6O. The monoisotopic (exact) mass is 364 g/mol. The van der Waals surface area contributed by atoms with Gasteiger partial charge in [-0.05, 0) is 18.1 Å². The molecule has 0 atom stereocenters. The molecule has 0 aliphatic heterocycles. The second-order valence-corrected chi connectivity index (χ2v) is 5.88. The Morgan fingerprint density at radius 3 is 3.15 bits per heavy atom. The number of rotatable bonds is 3. The van der Waals surface area contributed by atoms with E-state index in [1.165, 1.54) is 0 Å². The first-order chi connectivity index (χ1) is 12.7. The van der Waals surface area contributed by atoms with Gasteiger partial charge >= 0.3 is 0 Å². The van der Waals surface area contributed by atoms with Gasteiger partial charge in [0.25, 0.3) is 5.91 Å². The molecule has 2 N–H and O–H groups in total. The highest BCUT2D eigenvalue weighted by Crippen LogP contribution is 2.20. The minimum Gasteiger partial charge on any atom is -0.348 e. The molecule has 8 heteroatoms. The lowest BCUT2D eigenvalue weighted by Crippen LogP contribution is -2.25. The fraction of sp³-hybridized carbons (Fsp3) is 0.111. The molecule has 4 aromatic rings. The predicted molar refractivity (Wildman–Crippen MR) is 97.9 cm³/mol. The minimum atomic E-state index is -0.292. The largest absolute Gasteiger partial charge is 0.348 e. The molecule has 4 rings (SSSR count). The van der Waals surface area contributed by atoms with Gasteiger partial charge in [0, 0.05) is 25.4 Å². The molecule has 0 fully saturated rings. The number of H-pyrrole nitrogens is 1. The molecule has 0 bridgehead atoms. The van der Waals surface area contributed by atoms with Crippen LogP contribution >= 0.6 is 11.6 Å². The number of carbonyl (C=O) groups is 1. The van der Waals surface area contributed by atoms with Crippen LogP contribution in [-0.4, -0.2) is 36.8 Å². The van der Waals surface area contributed by atoms with Crippen LogP contribution in [0.4, 0.5) is 0 Å². The molecule has 0 saturated carbocycles. The van der Waals surface area contributed by atoms with E-state index >= 15 is 0 Å². The lowest BCUT2D eigenvalue weighted by molar-refractivity contribution is 0.0945. The molecule has 3 heterocycles. The van der Waals surface area contributed by atoms with Crippen LogP contribution in [0.25, 0.3) is 16.7 Å². The Kier molecular flexibility index (Phi) is 4.25. The summed E-state index contributed by atoms with van der Waals surface area (Å²) in [6.07, 6.45) is 7.36. The highest BCUT2D eigenvalue weighted by Gasteiger charge is 2.12. The van der Waals surface area contributed by atoms with Gasteiger partial charge in [0.1, 0.15) is 11.2 Å². The third-order valence-electron chi connectivity index (χ3n) is 3.75. The van der Waals surface area contributed by atoms with Gasteiger partial charge in [0.05, 0.1) is 22.9 Å². The maximum Gasteiger partial charge on any atom is 0.287 e. The average molecular weight is 365 g/mol. The van der Waals surface area contributed by atoms with Crippen molar-refractivity contribution in [2.75, 3.05) is 6.54 Å². The van der Waals surface area contributed by atoms with Crippen LogP contribution in [0.2, 0.25) is 5.02 Å². The summed E-state index contributed by atoms with van der Waals surface area (Å²) >= 11 is 6.07. The Hall–Kier alpha value is -3.37. The molecule has 7 nitrogen and oxygen atoms in total. The zero-order valence-electron chi connectivity index (χ0n) is 13.5. The number of amides is 1. The van der Waals surface area contributed by atoms with E-state index in [2.05, 4.69) is 37.1 Å². The Morgan fingerprint density at radius 1 is 1.35 bits per heavy atom. The summed E-state index contributed by atoms with van der Waals surface area (Å²) < 4.78 is 1.86. The van der Waals surface area contributed by atoms with Crippen molar-refractivity contribution in [3.05, 3.63) is 59.5 Å². The third kappa shape index (κ3) is 3.10. The Labute approximate surface area is 153 Å². The molecule has 0 spiro atoms. The van der Waals surface area contributed by atoms with Gasteiger partial charge in [0.15, 0.2) is 11.5 Å². The fourth-order valence-corrected chi connectivity index (χ4v) is 2.73. The molecule has 0 saturated heterocycles. The number of aromatic nitrogens is 5. The quantitative estimate of drug-likeness (QED) is 0.431. The molecule has 0 aliphatic carbocycles. The van der Waals surface area contributed by atoms with Crippen molar-refractivity contribution in [3.8, 4) is 11.8 Å². The van der Waals surface area contributed by atoms with Crippen LogP contribution in [0.1, 0.15) is 22.7 Å². The number of para-hydroxylation sites is 1. The van der Waals surface area contributed by atoms with Crippen LogP contribution in [0.5, 0.6) is 0 Å². The summed E-state index contributed by atoms with van der Waals surface area (Å²) in [7, 11) is 0. The van der Waals surface area contributed by atoms with Crippen LogP contribution in [0.3, 0.4) is 0 Å². The highest BCUT2D eigenvalue weighted by molar-refractivity contribution is 6.35. The SMILES string of the molecule is O=C(NCCC#Cc1cnc2cnccn12)c1nc2c(Cl)cccc2[nH]1. The minimum absolute atomic E-state index is 0.232. The number of hydrogen-bond donors (Lipinski definition) is 2. The summed E-state index contributed by atoms with van der Waals surface area (Å²) in [6, 6.07) is 5.36. The number of imidazole rings is 2. The predicted octanol–water partition coefficient (Wildman–Crippen LogP) is 2.43. The molecule has 0 unspecified atom stereocenters.